The average Bonchev–Trinajstić information content (AvgIpc) is 2.90. The van der Waals surface area contributed by atoms with Crippen LogP contribution < -0.4 is 23.8 Å². The number of benzene rings is 3. The van der Waals surface area contributed by atoms with E-state index in [4.69, 9.17) is 23.7 Å². The number of nitrogens with zero attached hydrogens (tertiary/aromatic N) is 1. The van der Waals surface area contributed by atoms with Gasteiger partial charge in [-0.05, 0) is 35.4 Å². The molecule has 1 aliphatic heterocycles. The Kier molecular flexibility index (Phi) is 7.40. The number of carbonyl (C=O) groups excluding carboxylic acids is 2. The van der Waals surface area contributed by atoms with Crippen molar-refractivity contribution in [1.82, 2.24) is 0 Å². The van der Waals surface area contributed by atoms with Gasteiger partial charge >= 0.3 is 5.97 Å². The zero-order chi connectivity index (χ0) is 24.8. The molecule has 0 fully saturated rings. The summed E-state index contributed by atoms with van der Waals surface area (Å²) in [7, 11) is 4.51. The lowest BCUT2D eigenvalue weighted by molar-refractivity contribution is -0.147. The van der Waals surface area contributed by atoms with E-state index in [0.717, 1.165) is 5.56 Å². The summed E-state index contributed by atoms with van der Waals surface area (Å²) in [4.78, 5) is 27.6. The molecule has 8 heteroatoms. The van der Waals surface area contributed by atoms with Crippen LogP contribution in [0, 0.1) is 0 Å². The van der Waals surface area contributed by atoms with Crippen molar-refractivity contribution in [3.8, 4) is 23.0 Å². The quantitative estimate of drug-likeness (QED) is 0.454. The molecule has 3 aromatic rings. The minimum Gasteiger partial charge on any atom is -0.493 e. The summed E-state index contributed by atoms with van der Waals surface area (Å²) >= 11 is 0. The Balaban J connectivity index is 1.49. The van der Waals surface area contributed by atoms with Gasteiger partial charge in [-0.15, -0.1) is 0 Å². The summed E-state index contributed by atoms with van der Waals surface area (Å²) < 4.78 is 27.3. The number of rotatable bonds is 8. The first-order valence-corrected chi connectivity index (χ1v) is 11.1. The van der Waals surface area contributed by atoms with E-state index in [-0.39, 0.29) is 18.4 Å². The zero-order valence-corrected chi connectivity index (χ0v) is 19.9. The summed E-state index contributed by atoms with van der Waals surface area (Å²) in [6.07, 6.45) is -0.0637. The molecule has 0 saturated carbocycles. The number of ether oxygens (including phenoxy) is 5. The molecule has 1 amide bonds. The van der Waals surface area contributed by atoms with Crippen LogP contribution in [0.25, 0.3) is 0 Å². The van der Waals surface area contributed by atoms with Crippen molar-refractivity contribution in [2.75, 3.05) is 39.4 Å². The number of fused-ring (bicyclic) bond motifs is 1. The van der Waals surface area contributed by atoms with Gasteiger partial charge in [0.15, 0.2) is 18.1 Å². The Morgan fingerprint density at radius 3 is 2.23 bits per heavy atom. The topological polar surface area (TPSA) is 83.5 Å². The maximum atomic E-state index is 13.3. The van der Waals surface area contributed by atoms with Crippen LogP contribution >= 0.6 is 0 Å². The van der Waals surface area contributed by atoms with Gasteiger partial charge in [0.2, 0.25) is 5.75 Å². The predicted octanol–water partition coefficient (Wildman–Crippen LogP) is 3.97. The molecular formula is C27H27NO7. The smallest absolute Gasteiger partial charge is 0.310 e. The van der Waals surface area contributed by atoms with E-state index in [1.165, 1.54) is 21.3 Å². The van der Waals surface area contributed by atoms with E-state index >= 15 is 0 Å². The highest BCUT2D eigenvalue weighted by Crippen LogP contribution is 2.40. The molecule has 35 heavy (non-hydrogen) atoms. The van der Waals surface area contributed by atoms with Crippen LogP contribution in [0.2, 0.25) is 0 Å². The van der Waals surface area contributed by atoms with Crippen molar-refractivity contribution in [1.29, 1.82) is 0 Å². The van der Waals surface area contributed by atoms with Crippen LogP contribution in [-0.2, 0) is 20.7 Å². The highest BCUT2D eigenvalue weighted by atomic mass is 16.5. The molecule has 182 valence electrons. The number of hydrogen-bond acceptors (Lipinski definition) is 7. The minimum atomic E-state index is -0.551. The second-order valence-electron chi connectivity index (χ2n) is 7.84. The number of para-hydroxylation sites is 2. The highest BCUT2D eigenvalue weighted by molar-refractivity contribution is 5.97. The SMILES string of the molecule is COc1cc(CC(=O)OCC(=O)N2c3ccccc3OCC2c2ccccc2)cc(OC)c1OC. The fourth-order valence-electron chi connectivity index (χ4n) is 4.08. The van der Waals surface area contributed by atoms with Gasteiger partial charge in [0.25, 0.3) is 5.91 Å². The lowest BCUT2D eigenvalue weighted by Gasteiger charge is -2.37. The molecular weight excluding hydrogens is 450 g/mol. The van der Waals surface area contributed by atoms with Crippen molar-refractivity contribution in [3.05, 3.63) is 77.9 Å². The summed E-state index contributed by atoms with van der Waals surface area (Å²) in [6, 6.07) is 20.0. The van der Waals surface area contributed by atoms with Crippen molar-refractivity contribution < 1.29 is 33.3 Å². The highest BCUT2D eigenvalue weighted by Gasteiger charge is 2.33. The third kappa shape index (κ3) is 5.16. The number of methoxy groups -OCH3 is 3. The number of anilines is 1. The fourth-order valence-corrected chi connectivity index (χ4v) is 4.08. The average molecular weight is 478 g/mol. The van der Waals surface area contributed by atoms with Gasteiger partial charge in [-0.2, -0.15) is 0 Å². The van der Waals surface area contributed by atoms with Crippen LogP contribution in [-0.4, -0.2) is 46.4 Å². The lowest BCUT2D eigenvalue weighted by Crippen LogP contribution is -2.43. The maximum absolute atomic E-state index is 13.3. The Morgan fingerprint density at radius 2 is 1.57 bits per heavy atom. The molecule has 8 nitrogen and oxygen atoms in total. The van der Waals surface area contributed by atoms with Gasteiger partial charge in [-0.3, -0.25) is 14.5 Å². The number of amides is 1. The van der Waals surface area contributed by atoms with Crippen LogP contribution in [0.1, 0.15) is 17.2 Å². The van der Waals surface area contributed by atoms with Gasteiger partial charge in [-0.25, -0.2) is 0 Å². The van der Waals surface area contributed by atoms with Crippen LogP contribution in [0.5, 0.6) is 23.0 Å². The van der Waals surface area contributed by atoms with E-state index in [1.54, 1.807) is 17.0 Å². The fraction of sp³-hybridized carbons (Fsp3) is 0.259. The zero-order valence-electron chi connectivity index (χ0n) is 19.9. The van der Waals surface area contributed by atoms with Gasteiger partial charge in [0.1, 0.15) is 12.4 Å². The van der Waals surface area contributed by atoms with Gasteiger partial charge in [-0.1, -0.05) is 42.5 Å². The first-order valence-electron chi connectivity index (χ1n) is 11.1. The maximum Gasteiger partial charge on any atom is 0.310 e. The number of hydrogen-bond donors (Lipinski definition) is 0. The predicted molar refractivity (Wildman–Crippen MR) is 129 cm³/mol. The summed E-state index contributed by atoms with van der Waals surface area (Å²) in [5, 5.41) is 0. The Hall–Kier alpha value is -4.20. The second-order valence-corrected chi connectivity index (χ2v) is 7.84. The van der Waals surface area contributed by atoms with Gasteiger partial charge in [0.05, 0.1) is 39.5 Å². The van der Waals surface area contributed by atoms with Gasteiger partial charge in [0, 0.05) is 0 Å². The molecule has 0 bridgehead atoms. The monoisotopic (exact) mass is 477 g/mol. The molecule has 0 aliphatic carbocycles. The molecule has 0 aromatic heterocycles. The summed E-state index contributed by atoms with van der Waals surface area (Å²) in [5.74, 6) is 1.01. The van der Waals surface area contributed by atoms with E-state index < -0.39 is 12.6 Å². The third-order valence-corrected chi connectivity index (χ3v) is 5.72. The first kappa shape index (κ1) is 23.9. The van der Waals surface area contributed by atoms with E-state index in [9.17, 15) is 9.59 Å². The number of esters is 1. The minimum absolute atomic E-state index is 0.0637. The first-order chi connectivity index (χ1) is 17.0. The van der Waals surface area contributed by atoms with Crippen LogP contribution in [0.15, 0.2) is 66.7 Å². The van der Waals surface area contributed by atoms with Crippen molar-refractivity contribution in [2.24, 2.45) is 0 Å². The largest absolute Gasteiger partial charge is 0.493 e. The summed E-state index contributed by atoms with van der Waals surface area (Å²) in [6.45, 7) is -0.104. The van der Waals surface area contributed by atoms with Gasteiger partial charge < -0.3 is 23.7 Å². The lowest BCUT2D eigenvalue weighted by atomic mass is 10.0. The molecule has 0 N–H and O–H groups in total. The Bertz CT molecular complexity index is 1170. The Morgan fingerprint density at radius 1 is 0.914 bits per heavy atom. The molecule has 0 radical (unpaired) electrons. The third-order valence-electron chi connectivity index (χ3n) is 5.72. The van der Waals surface area contributed by atoms with E-state index in [1.807, 2.05) is 54.6 Å². The molecule has 1 atom stereocenters. The number of carbonyl (C=O) groups is 2. The molecule has 3 aromatic carbocycles. The summed E-state index contributed by atoms with van der Waals surface area (Å²) in [5.41, 5.74) is 2.17. The normalized spacial score (nSPS) is 14.4. The van der Waals surface area contributed by atoms with Crippen molar-refractivity contribution in [3.63, 3.8) is 0 Å². The second kappa shape index (κ2) is 10.8. The van der Waals surface area contributed by atoms with Crippen molar-refractivity contribution >= 4 is 17.6 Å². The van der Waals surface area contributed by atoms with Crippen molar-refractivity contribution in [2.45, 2.75) is 12.5 Å². The van der Waals surface area contributed by atoms with Crippen LogP contribution in [0.4, 0.5) is 5.69 Å². The van der Waals surface area contributed by atoms with Crippen LogP contribution in [0.3, 0.4) is 0 Å². The molecule has 1 heterocycles. The Labute approximate surface area is 203 Å². The standard InChI is InChI=1S/C27H27NO7/c1-31-23-13-18(14-24(32-2)27(23)33-3)15-26(30)35-17-25(29)28-20-11-7-8-12-22(20)34-16-21(28)19-9-5-4-6-10-19/h4-14,21H,15-17H2,1-3H3. The molecule has 1 aliphatic rings. The van der Waals surface area contributed by atoms with E-state index in [2.05, 4.69) is 0 Å². The molecule has 4 rings (SSSR count). The molecule has 0 saturated heterocycles. The van der Waals surface area contributed by atoms with E-state index in [0.29, 0.717) is 40.9 Å². The molecule has 1 unspecified atom stereocenters. The molecule has 0 spiro atoms.